The van der Waals surface area contributed by atoms with Crippen LogP contribution in [0.1, 0.15) is 30.4 Å². The zero-order chi connectivity index (χ0) is 16.4. The van der Waals surface area contributed by atoms with Gasteiger partial charge in [-0.3, -0.25) is 4.90 Å². The molecule has 0 saturated carbocycles. The van der Waals surface area contributed by atoms with Crippen molar-refractivity contribution >= 4 is 11.0 Å². The minimum atomic E-state index is -0.457. The number of hydrogen-bond donors (Lipinski definition) is 2. The summed E-state index contributed by atoms with van der Waals surface area (Å²) in [5.74, 6) is 0. The van der Waals surface area contributed by atoms with Gasteiger partial charge in [0.05, 0.1) is 36.6 Å². The van der Waals surface area contributed by atoms with Gasteiger partial charge >= 0.3 is 0 Å². The van der Waals surface area contributed by atoms with Gasteiger partial charge in [0.25, 0.3) is 0 Å². The third kappa shape index (κ3) is 3.57. The number of imidazole rings is 1. The predicted octanol–water partition coefficient (Wildman–Crippen LogP) is 1.86. The minimum absolute atomic E-state index is 0.180. The lowest BCUT2D eigenvalue weighted by Gasteiger charge is -2.35. The van der Waals surface area contributed by atoms with E-state index in [1.54, 1.807) is 0 Å². The molecule has 1 aromatic heterocycles. The topological polar surface area (TPSA) is 61.5 Å². The molecule has 2 heterocycles. The molecule has 2 atom stereocenters. The van der Waals surface area contributed by atoms with Gasteiger partial charge in [-0.25, -0.2) is 4.98 Å². The minimum Gasteiger partial charge on any atom is -0.395 e. The van der Waals surface area contributed by atoms with Crippen LogP contribution in [0.25, 0.3) is 11.0 Å². The third-order valence-corrected chi connectivity index (χ3v) is 5.05. The van der Waals surface area contributed by atoms with Crippen molar-refractivity contribution < 1.29 is 10.2 Å². The number of benzene rings is 1. The molecule has 23 heavy (non-hydrogen) atoms. The van der Waals surface area contributed by atoms with E-state index in [0.717, 1.165) is 30.4 Å². The summed E-state index contributed by atoms with van der Waals surface area (Å²) in [7, 11) is 0. The standard InChI is InChI=1S/C18H27N3O2/c1-13-7-17-18(8-14(13)2)21(12-19-17)10-16(23)9-20-6-4-3-5-15(20)11-22/h7-8,12,15-16,22-23H,3-6,9-11H2,1-2H3/t15-,16?/m1/s1. The lowest BCUT2D eigenvalue weighted by atomic mass is 10.0. The highest BCUT2D eigenvalue weighted by atomic mass is 16.3. The van der Waals surface area contributed by atoms with Crippen LogP contribution < -0.4 is 0 Å². The SMILES string of the molecule is Cc1cc2ncn(CC(O)CN3CCCC[C@@H]3CO)c2cc1C. The van der Waals surface area contributed by atoms with Crippen molar-refractivity contribution in [3.05, 3.63) is 29.6 Å². The molecule has 3 rings (SSSR count). The molecule has 1 saturated heterocycles. The van der Waals surface area contributed by atoms with E-state index in [1.165, 1.54) is 17.5 Å². The highest BCUT2D eigenvalue weighted by Gasteiger charge is 2.24. The fourth-order valence-corrected chi connectivity index (χ4v) is 3.52. The lowest BCUT2D eigenvalue weighted by molar-refractivity contribution is 0.0364. The van der Waals surface area contributed by atoms with Crippen LogP contribution in [0, 0.1) is 13.8 Å². The summed E-state index contributed by atoms with van der Waals surface area (Å²) in [5, 5.41) is 20.0. The largest absolute Gasteiger partial charge is 0.395 e. The molecular weight excluding hydrogens is 290 g/mol. The number of likely N-dealkylation sites (tertiary alicyclic amines) is 1. The summed E-state index contributed by atoms with van der Waals surface area (Å²) in [4.78, 5) is 6.67. The highest BCUT2D eigenvalue weighted by Crippen LogP contribution is 2.20. The second-order valence-electron chi connectivity index (χ2n) is 6.80. The molecule has 1 aliphatic heterocycles. The van der Waals surface area contributed by atoms with Crippen LogP contribution in [-0.2, 0) is 6.54 Å². The van der Waals surface area contributed by atoms with Gasteiger partial charge in [-0.1, -0.05) is 6.42 Å². The number of aromatic nitrogens is 2. The summed E-state index contributed by atoms with van der Waals surface area (Å²) < 4.78 is 2.03. The van der Waals surface area contributed by atoms with Crippen LogP contribution in [0.5, 0.6) is 0 Å². The average Bonchev–Trinajstić information content (AvgIpc) is 2.90. The number of hydrogen-bond acceptors (Lipinski definition) is 4. The third-order valence-electron chi connectivity index (χ3n) is 5.05. The first-order valence-electron chi connectivity index (χ1n) is 8.53. The molecule has 0 radical (unpaired) electrons. The molecule has 0 spiro atoms. The number of aliphatic hydroxyl groups is 2. The van der Waals surface area contributed by atoms with Crippen molar-refractivity contribution in [2.24, 2.45) is 0 Å². The van der Waals surface area contributed by atoms with Gasteiger partial charge in [0.2, 0.25) is 0 Å². The Morgan fingerprint density at radius 2 is 2.00 bits per heavy atom. The van der Waals surface area contributed by atoms with Crippen LogP contribution in [-0.4, -0.2) is 56.5 Å². The molecule has 5 nitrogen and oxygen atoms in total. The van der Waals surface area contributed by atoms with Crippen molar-refractivity contribution in [2.75, 3.05) is 19.7 Å². The molecule has 2 N–H and O–H groups in total. The zero-order valence-electron chi connectivity index (χ0n) is 14.1. The Hall–Kier alpha value is -1.43. The summed E-state index contributed by atoms with van der Waals surface area (Å²) >= 11 is 0. The summed E-state index contributed by atoms with van der Waals surface area (Å²) in [6.07, 6.45) is 4.70. The summed E-state index contributed by atoms with van der Waals surface area (Å²) in [6.45, 7) is 6.48. The highest BCUT2D eigenvalue weighted by molar-refractivity contribution is 5.77. The van der Waals surface area contributed by atoms with E-state index in [1.807, 2.05) is 10.9 Å². The number of aliphatic hydroxyl groups excluding tert-OH is 2. The summed E-state index contributed by atoms with van der Waals surface area (Å²) in [5.41, 5.74) is 4.53. The maximum Gasteiger partial charge on any atom is 0.0959 e. The Bertz CT molecular complexity index is 668. The van der Waals surface area contributed by atoms with Crippen LogP contribution in [0.4, 0.5) is 0 Å². The second kappa shape index (κ2) is 6.99. The fourth-order valence-electron chi connectivity index (χ4n) is 3.52. The van der Waals surface area contributed by atoms with Gasteiger partial charge in [0.15, 0.2) is 0 Å². The van der Waals surface area contributed by atoms with E-state index in [4.69, 9.17) is 0 Å². The Kier molecular flexibility index (Phi) is 4.99. The first-order valence-corrected chi connectivity index (χ1v) is 8.53. The summed E-state index contributed by atoms with van der Waals surface area (Å²) in [6, 6.07) is 4.43. The molecule has 0 aliphatic carbocycles. The Labute approximate surface area is 137 Å². The number of nitrogens with zero attached hydrogens (tertiary/aromatic N) is 3. The van der Waals surface area contributed by atoms with Gasteiger partial charge in [-0.05, 0) is 56.5 Å². The molecule has 1 aliphatic rings. The van der Waals surface area contributed by atoms with Gasteiger partial charge in [0.1, 0.15) is 0 Å². The van der Waals surface area contributed by atoms with Crippen molar-refractivity contribution in [3.63, 3.8) is 0 Å². The van der Waals surface area contributed by atoms with Crippen LogP contribution in [0.3, 0.4) is 0 Å². The van der Waals surface area contributed by atoms with E-state index in [2.05, 4.69) is 35.9 Å². The first-order chi connectivity index (χ1) is 11.1. The smallest absolute Gasteiger partial charge is 0.0959 e. The average molecular weight is 317 g/mol. The quantitative estimate of drug-likeness (QED) is 0.884. The molecule has 1 fully saturated rings. The second-order valence-corrected chi connectivity index (χ2v) is 6.80. The maximum atomic E-state index is 10.5. The van der Waals surface area contributed by atoms with Crippen molar-refractivity contribution in [1.29, 1.82) is 0 Å². The normalized spacial score (nSPS) is 21.0. The number of aryl methyl sites for hydroxylation is 2. The van der Waals surface area contributed by atoms with Crippen molar-refractivity contribution in [3.8, 4) is 0 Å². The van der Waals surface area contributed by atoms with E-state index in [-0.39, 0.29) is 12.6 Å². The molecule has 0 bridgehead atoms. The van der Waals surface area contributed by atoms with Gasteiger partial charge < -0.3 is 14.8 Å². The van der Waals surface area contributed by atoms with E-state index >= 15 is 0 Å². The molecule has 1 aromatic carbocycles. The van der Waals surface area contributed by atoms with Crippen LogP contribution >= 0.6 is 0 Å². The lowest BCUT2D eigenvalue weighted by Crippen LogP contribution is -2.46. The van der Waals surface area contributed by atoms with E-state index < -0.39 is 6.10 Å². The number of piperidine rings is 1. The Balaban J connectivity index is 1.70. The van der Waals surface area contributed by atoms with Crippen LogP contribution in [0.15, 0.2) is 18.5 Å². The molecular formula is C18H27N3O2. The van der Waals surface area contributed by atoms with Gasteiger partial charge in [-0.15, -0.1) is 0 Å². The van der Waals surface area contributed by atoms with Crippen LogP contribution in [0.2, 0.25) is 0 Å². The van der Waals surface area contributed by atoms with Gasteiger partial charge in [-0.2, -0.15) is 0 Å². The van der Waals surface area contributed by atoms with Gasteiger partial charge in [0, 0.05) is 12.6 Å². The maximum absolute atomic E-state index is 10.5. The Morgan fingerprint density at radius 3 is 2.78 bits per heavy atom. The number of fused-ring (bicyclic) bond motifs is 1. The van der Waals surface area contributed by atoms with Crippen molar-refractivity contribution in [1.82, 2.24) is 14.5 Å². The first kappa shape index (κ1) is 16.4. The zero-order valence-corrected chi connectivity index (χ0v) is 14.1. The number of β-amino-alcohol motifs (C(OH)–C–C–N with tert-alkyl or cyclic N) is 1. The molecule has 0 amide bonds. The number of rotatable bonds is 5. The van der Waals surface area contributed by atoms with Crippen molar-refractivity contribution in [2.45, 2.75) is 51.8 Å². The monoisotopic (exact) mass is 317 g/mol. The Morgan fingerprint density at radius 1 is 1.22 bits per heavy atom. The molecule has 126 valence electrons. The molecule has 1 unspecified atom stereocenters. The van der Waals surface area contributed by atoms with E-state index in [0.29, 0.717) is 13.1 Å². The fraction of sp³-hybridized carbons (Fsp3) is 0.611. The molecule has 2 aromatic rings. The predicted molar refractivity (Wildman–Crippen MR) is 91.5 cm³/mol. The van der Waals surface area contributed by atoms with E-state index in [9.17, 15) is 10.2 Å². The molecule has 5 heteroatoms.